The Morgan fingerprint density at radius 2 is 1.79 bits per heavy atom. The molecule has 7 nitrogen and oxygen atoms in total. The van der Waals surface area contributed by atoms with Crippen molar-refractivity contribution < 1.29 is 19.0 Å². The van der Waals surface area contributed by atoms with Crippen LogP contribution < -0.4 is 19.5 Å². The molecule has 0 atom stereocenters. The summed E-state index contributed by atoms with van der Waals surface area (Å²) < 4.78 is 18.1. The second kappa shape index (κ2) is 9.14. The van der Waals surface area contributed by atoms with Crippen molar-refractivity contribution in [1.82, 2.24) is 14.9 Å². The lowest BCUT2D eigenvalue weighted by Crippen LogP contribution is -2.23. The number of carbonyl (C=O) groups is 1. The minimum Gasteiger partial charge on any atom is -0.493 e. The molecule has 0 saturated heterocycles. The van der Waals surface area contributed by atoms with Crippen molar-refractivity contribution in [3.8, 4) is 17.2 Å². The molecule has 152 valence electrons. The Morgan fingerprint density at radius 3 is 2.45 bits per heavy atom. The van der Waals surface area contributed by atoms with Crippen molar-refractivity contribution in [2.24, 2.45) is 0 Å². The predicted octanol–water partition coefficient (Wildman–Crippen LogP) is 3.20. The average Bonchev–Trinajstić information content (AvgIpc) is 3.15. The summed E-state index contributed by atoms with van der Waals surface area (Å²) in [6.07, 6.45) is 3.74. The molecule has 0 fully saturated rings. The molecular formula is C22H25N3O4. The van der Waals surface area contributed by atoms with Crippen LogP contribution in [0.1, 0.15) is 27.3 Å². The minimum absolute atomic E-state index is 0.251. The number of nitrogens with zero attached hydrogens (tertiary/aromatic N) is 2. The van der Waals surface area contributed by atoms with E-state index < -0.39 is 0 Å². The number of nitrogens with one attached hydrogen (secondary N) is 1. The van der Waals surface area contributed by atoms with Gasteiger partial charge in [0.2, 0.25) is 5.75 Å². The highest BCUT2D eigenvalue weighted by atomic mass is 16.5. The SMILES string of the molecule is COc1ccc(C(=O)NCc2cccc(Cn3ccnc3C)c2)c(OC)c1OC. The fraction of sp³-hybridized carbons (Fsp3) is 0.273. The third kappa shape index (κ3) is 4.51. The number of imidazole rings is 1. The van der Waals surface area contributed by atoms with Gasteiger partial charge in [-0.15, -0.1) is 0 Å². The molecular weight excluding hydrogens is 370 g/mol. The number of methoxy groups -OCH3 is 3. The Hall–Kier alpha value is -3.48. The first kappa shape index (κ1) is 20.3. The maximum Gasteiger partial charge on any atom is 0.255 e. The van der Waals surface area contributed by atoms with E-state index in [0.29, 0.717) is 29.4 Å². The van der Waals surface area contributed by atoms with E-state index in [1.165, 1.54) is 21.3 Å². The quantitative estimate of drug-likeness (QED) is 0.634. The van der Waals surface area contributed by atoms with Crippen LogP contribution in [0.15, 0.2) is 48.8 Å². The molecule has 29 heavy (non-hydrogen) atoms. The monoisotopic (exact) mass is 395 g/mol. The molecule has 1 heterocycles. The molecule has 1 aromatic heterocycles. The van der Waals surface area contributed by atoms with Gasteiger partial charge in [0.25, 0.3) is 5.91 Å². The van der Waals surface area contributed by atoms with Gasteiger partial charge in [-0.1, -0.05) is 24.3 Å². The van der Waals surface area contributed by atoms with Crippen LogP contribution in [0, 0.1) is 6.92 Å². The largest absolute Gasteiger partial charge is 0.493 e. The van der Waals surface area contributed by atoms with E-state index in [1.807, 2.05) is 25.3 Å². The molecule has 0 aliphatic rings. The number of hydrogen-bond donors (Lipinski definition) is 1. The van der Waals surface area contributed by atoms with E-state index in [1.54, 1.807) is 18.3 Å². The fourth-order valence-electron chi connectivity index (χ4n) is 3.16. The minimum atomic E-state index is -0.251. The van der Waals surface area contributed by atoms with Crippen LogP contribution in [-0.4, -0.2) is 36.8 Å². The van der Waals surface area contributed by atoms with Crippen molar-refractivity contribution in [3.05, 3.63) is 71.3 Å². The molecule has 3 rings (SSSR count). The molecule has 1 N–H and O–H groups in total. The zero-order chi connectivity index (χ0) is 20.8. The zero-order valence-corrected chi connectivity index (χ0v) is 17.1. The molecule has 0 bridgehead atoms. The summed E-state index contributed by atoms with van der Waals surface area (Å²) in [4.78, 5) is 17.0. The molecule has 0 saturated carbocycles. The molecule has 0 aliphatic carbocycles. The van der Waals surface area contributed by atoms with Crippen molar-refractivity contribution in [3.63, 3.8) is 0 Å². The lowest BCUT2D eigenvalue weighted by atomic mass is 10.1. The topological polar surface area (TPSA) is 74.6 Å². The number of benzene rings is 2. The van der Waals surface area contributed by atoms with Crippen LogP contribution in [0.25, 0.3) is 0 Å². The molecule has 3 aromatic rings. The van der Waals surface area contributed by atoms with Crippen LogP contribution in [0.4, 0.5) is 0 Å². The summed E-state index contributed by atoms with van der Waals surface area (Å²) in [5, 5.41) is 2.94. The highest BCUT2D eigenvalue weighted by Gasteiger charge is 2.20. The zero-order valence-electron chi connectivity index (χ0n) is 17.1. The summed E-state index contributed by atoms with van der Waals surface area (Å²) >= 11 is 0. The highest BCUT2D eigenvalue weighted by Crippen LogP contribution is 2.39. The Kier molecular flexibility index (Phi) is 6.39. The fourth-order valence-corrected chi connectivity index (χ4v) is 3.16. The first-order valence-corrected chi connectivity index (χ1v) is 9.20. The first-order valence-electron chi connectivity index (χ1n) is 9.20. The summed E-state index contributed by atoms with van der Waals surface area (Å²) in [5.74, 6) is 1.94. The normalized spacial score (nSPS) is 10.5. The summed E-state index contributed by atoms with van der Waals surface area (Å²) in [6.45, 7) is 3.10. The summed E-state index contributed by atoms with van der Waals surface area (Å²) in [7, 11) is 4.54. The second-order valence-corrected chi connectivity index (χ2v) is 6.49. The second-order valence-electron chi connectivity index (χ2n) is 6.49. The van der Waals surface area contributed by atoms with Gasteiger partial charge in [0.15, 0.2) is 11.5 Å². The van der Waals surface area contributed by atoms with Gasteiger partial charge < -0.3 is 24.1 Å². The standard InChI is InChI=1S/C22H25N3O4/c1-15-23-10-11-25(15)14-17-7-5-6-16(12-17)13-24-22(26)18-8-9-19(27-2)21(29-4)20(18)28-3/h5-12H,13-14H2,1-4H3,(H,24,26). The molecule has 0 spiro atoms. The number of carbonyl (C=O) groups excluding carboxylic acids is 1. The predicted molar refractivity (Wildman–Crippen MR) is 110 cm³/mol. The molecule has 0 unspecified atom stereocenters. The van der Waals surface area contributed by atoms with E-state index in [4.69, 9.17) is 14.2 Å². The van der Waals surface area contributed by atoms with Gasteiger partial charge in [0.05, 0.1) is 26.9 Å². The Morgan fingerprint density at radius 1 is 1.03 bits per heavy atom. The van der Waals surface area contributed by atoms with E-state index in [2.05, 4.69) is 27.0 Å². The number of hydrogen-bond acceptors (Lipinski definition) is 5. The van der Waals surface area contributed by atoms with Gasteiger partial charge in [0.1, 0.15) is 5.82 Å². The lowest BCUT2D eigenvalue weighted by molar-refractivity contribution is 0.0947. The summed E-state index contributed by atoms with van der Waals surface area (Å²) in [6, 6.07) is 11.4. The van der Waals surface area contributed by atoms with Crippen LogP contribution in [-0.2, 0) is 13.1 Å². The summed E-state index contributed by atoms with van der Waals surface area (Å²) in [5.41, 5.74) is 2.53. The van der Waals surface area contributed by atoms with Crippen LogP contribution in [0.2, 0.25) is 0 Å². The number of ether oxygens (including phenoxy) is 3. The number of aromatic nitrogens is 2. The first-order chi connectivity index (χ1) is 14.1. The highest BCUT2D eigenvalue weighted by molar-refractivity contribution is 5.98. The lowest BCUT2D eigenvalue weighted by Gasteiger charge is -2.15. The molecule has 7 heteroatoms. The van der Waals surface area contributed by atoms with Crippen LogP contribution >= 0.6 is 0 Å². The van der Waals surface area contributed by atoms with Gasteiger partial charge in [-0.3, -0.25) is 4.79 Å². The number of amides is 1. The smallest absolute Gasteiger partial charge is 0.255 e. The van der Waals surface area contributed by atoms with Crippen molar-refractivity contribution >= 4 is 5.91 Å². The number of rotatable bonds is 8. The molecule has 0 aliphatic heterocycles. The van der Waals surface area contributed by atoms with Crippen molar-refractivity contribution in [2.75, 3.05) is 21.3 Å². The van der Waals surface area contributed by atoms with Gasteiger partial charge in [-0.2, -0.15) is 0 Å². The van der Waals surface area contributed by atoms with Crippen LogP contribution in [0.3, 0.4) is 0 Å². The van der Waals surface area contributed by atoms with E-state index >= 15 is 0 Å². The van der Waals surface area contributed by atoms with Crippen molar-refractivity contribution in [1.29, 1.82) is 0 Å². The molecule has 2 aromatic carbocycles. The van der Waals surface area contributed by atoms with Gasteiger partial charge in [-0.25, -0.2) is 4.98 Å². The van der Waals surface area contributed by atoms with Crippen molar-refractivity contribution in [2.45, 2.75) is 20.0 Å². The van der Waals surface area contributed by atoms with Crippen LogP contribution in [0.5, 0.6) is 17.2 Å². The van der Waals surface area contributed by atoms with E-state index in [0.717, 1.165) is 23.5 Å². The average molecular weight is 395 g/mol. The maximum absolute atomic E-state index is 12.8. The Balaban J connectivity index is 1.73. The van der Waals surface area contributed by atoms with Gasteiger partial charge in [-0.05, 0) is 30.2 Å². The third-order valence-corrected chi connectivity index (χ3v) is 4.67. The third-order valence-electron chi connectivity index (χ3n) is 4.67. The van der Waals surface area contributed by atoms with E-state index in [-0.39, 0.29) is 5.91 Å². The Labute approximate surface area is 170 Å². The molecule has 0 radical (unpaired) electrons. The van der Waals surface area contributed by atoms with Gasteiger partial charge in [0, 0.05) is 25.5 Å². The Bertz CT molecular complexity index is 997. The van der Waals surface area contributed by atoms with Gasteiger partial charge >= 0.3 is 0 Å². The number of aryl methyl sites for hydroxylation is 1. The maximum atomic E-state index is 12.8. The van der Waals surface area contributed by atoms with E-state index in [9.17, 15) is 4.79 Å². The molecule has 1 amide bonds.